The third-order valence-electron chi connectivity index (χ3n) is 13.6. The lowest BCUT2D eigenvalue weighted by atomic mass is 10.0. The average molecular weight is 1030 g/mol. The van der Waals surface area contributed by atoms with Crippen molar-refractivity contribution in [1.82, 2.24) is 0 Å². The van der Waals surface area contributed by atoms with E-state index in [4.69, 9.17) is 14.2 Å². The summed E-state index contributed by atoms with van der Waals surface area (Å²) in [6.45, 7) is 6.46. The Labute approximate surface area is 458 Å². The molecule has 74 heavy (non-hydrogen) atoms. The Balaban J connectivity index is 4.18. The monoisotopic (exact) mass is 1030 g/mol. The molecule has 0 spiro atoms. The van der Waals surface area contributed by atoms with Crippen LogP contribution in [0.15, 0.2) is 85.1 Å². The summed E-state index contributed by atoms with van der Waals surface area (Å²) in [6.07, 6.45) is 82.1. The lowest BCUT2D eigenvalue weighted by Gasteiger charge is -2.18. The fourth-order valence-corrected chi connectivity index (χ4v) is 8.94. The van der Waals surface area contributed by atoms with Crippen LogP contribution < -0.4 is 0 Å². The van der Waals surface area contributed by atoms with Gasteiger partial charge in [0.2, 0.25) is 0 Å². The van der Waals surface area contributed by atoms with Gasteiger partial charge in [0.05, 0.1) is 0 Å². The van der Waals surface area contributed by atoms with Gasteiger partial charge in [-0.3, -0.25) is 14.4 Å². The summed E-state index contributed by atoms with van der Waals surface area (Å²) in [5.41, 5.74) is 0. The lowest BCUT2D eigenvalue weighted by Crippen LogP contribution is -2.30. The zero-order valence-corrected chi connectivity index (χ0v) is 48.8. The SMILES string of the molecule is CC/C=C\C/C=C\C/C=C\C/C=C\C/C=C\C/C=C\CCC(=O)OC(COC(=O)CCCCCCCCCC)COC(=O)CCCCCCCCCCCCCCCCCCC/C=C\CCCCCCCCCC. The Morgan fingerprint density at radius 1 is 0.284 bits per heavy atom. The summed E-state index contributed by atoms with van der Waals surface area (Å²) >= 11 is 0. The molecular weight excluding hydrogens is 913 g/mol. The van der Waals surface area contributed by atoms with E-state index >= 15 is 0 Å². The maximum Gasteiger partial charge on any atom is 0.306 e. The minimum atomic E-state index is -0.814. The molecule has 0 heterocycles. The molecule has 0 fully saturated rings. The Kier molecular flexibility index (Phi) is 59.3. The van der Waals surface area contributed by atoms with Gasteiger partial charge in [-0.15, -0.1) is 0 Å². The number of allylic oxidation sites excluding steroid dienone is 14. The molecule has 0 saturated carbocycles. The van der Waals surface area contributed by atoms with Gasteiger partial charge in [0.1, 0.15) is 13.2 Å². The van der Waals surface area contributed by atoms with E-state index < -0.39 is 6.10 Å². The van der Waals surface area contributed by atoms with Crippen LogP contribution in [-0.4, -0.2) is 37.2 Å². The van der Waals surface area contributed by atoms with E-state index in [2.05, 4.69) is 99.8 Å². The number of carbonyl (C=O) groups excluding carboxylic acids is 3. The highest BCUT2D eigenvalue weighted by Gasteiger charge is 2.19. The molecule has 1 unspecified atom stereocenters. The first-order valence-electron chi connectivity index (χ1n) is 31.6. The van der Waals surface area contributed by atoms with Crippen LogP contribution >= 0.6 is 0 Å². The molecule has 0 radical (unpaired) electrons. The second-order valence-electron chi connectivity index (χ2n) is 20.9. The zero-order valence-electron chi connectivity index (χ0n) is 48.8. The molecule has 0 bridgehead atoms. The number of esters is 3. The summed E-state index contributed by atoms with van der Waals surface area (Å²) in [5, 5.41) is 0. The van der Waals surface area contributed by atoms with Crippen molar-refractivity contribution >= 4 is 17.9 Å². The van der Waals surface area contributed by atoms with Gasteiger partial charge in [-0.05, 0) is 83.5 Å². The van der Waals surface area contributed by atoms with Gasteiger partial charge in [0, 0.05) is 19.3 Å². The highest BCUT2D eigenvalue weighted by molar-refractivity contribution is 5.71. The molecule has 6 nitrogen and oxygen atoms in total. The number of unbranched alkanes of at least 4 members (excludes halogenated alkanes) is 32. The van der Waals surface area contributed by atoms with Gasteiger partial charge in [-0.2, -0.15) is 0 Å². The molecule has 0 aromatic heterocycles. The van der Waals surface area contributed by atoms with Crippen molar-refractivity contribution < 1.29 is 28.6 Å². The molecule has 1 atom stereocenters. The summed E-state index contributed by atoms with van der Waals surface area (Å²) in [5.74, 6) is -0.984. The molecule has 0 saturated heterocycles. The van der Waals surface area contributed by atoms with Crippen LogP contribution in [0.4, 0.5) is 0 Å². The fraction of sp³-hybridized carbons (Fsp3) is 0.750. The van der Waals surface area contributed by atoms with Gasteiger partial charge in [-0.25, -0.2) is 0 Å². The largest absolute Gasteiger partial charge is 0.462 e. The predicted molar refractivity (Wildman–Crippen MR) is 321 cm³/mol. The number of rotatable bonds is 57. The molecular formula is C68H118O6. The van der Waals surface area contributed by atoms with Crippen LogP contribution in [0.1, 0.15) is 310 Å². The predicted octanol–water partition coefficient (Wildman–Crippen LogP) is 21.5. The summed E-state index contributed by atoms with van der Waals surface area (Å²) in [4.78, 5) is 38.0. The fourth-order valence-electron chi connectivity index (χ4n) is 8.94. The first-order chi connectivity index (χ1) is 36.5. The third-order valence-corrected chi connectivity index (χ3v) is 13.6. The van der Waals surface area contributed by atoms with E-state index in [0.29, 0.717) is 19.3 Å². The number of hydrogen-bond donors (Lipinski definition) is 0. The van der Waals surface area contributed by atoms with Crippen LogP contribution in [0.3, 0.4) is 0 Å². The first kappa shape index (κ1) is 70.6. The normalized spacial score (nSPS) is 12.6. The van der Waals surface area contributed by atoms with Crippen molar-refractivity contribution in [3.63, 3.8) is 0 Å². The minimum absolute atomic E-state index is 0.104. The highest BCUT2D eigenvalue weighted by Crippen LogP contribution is 2.17. The quantitative estimate of drug-likeness (QED) is 0.0261. The van der Waals surface area contributed by atoms with Gasteiger partial charge in [0.15, 0.2) is 6.10 Å². The van der Waals surface area contributed by atoms with Gasteiger partial charge < -0.3 is 14.2 Å². The molecule has 0 aliphatic rings. The molecule has 0 aromatic rings. The molecule has 0 aromatic carbocycles. The van der Waals surface area contributed by atoms with Crippen molar-refractivity contribution in [2.24, 2.45) is 0 Å². The summed E-state index contributed by atoms with van der Waals surface area (Å²) in [6, 6.07) is 0. The van der Waals surface area contributed by atoms with E-state index in [0.717, 1.165) is 77.0 Å². The molecule has 0 N–H and O–H groups in total. The van der Waals surface area contributed by atoms with Crippen LogP contribution in [0, 0.1) is 0 Å². The van der Waals surface area contributed by atoms with E-state index in [9.17, 15) is 14.4 Å². The maximum absolute atomic E-state index is 12.8. The second-order valence-corrected chi connectivity index (χ2v) is 20.9. The highest BCUT2D eigenvalue weighted by atomic mass is 16.6. The van der Waals surface area contributed by atoms with Gasteiger partial charge in [-0.1, -0.05) is 292 Å². The van der Waals surface area contributed by atoms with E-state index in [1.54, 1.807) is 0 Å². The third kappa shape index (κ3) is 59.5. The molecule has 0 amide bonds. The molecule has 0 rings (SSSR count). The zero-order chi connectivity index (χ0) is 53.6. The van der Waals surface area contributed by atoms with Crippen LogP contribution in [-0.2, 0) is 28.6 Å². The minimum Gasteiger partial charge on any atom is -0.462 e. The van der Waals surface area contributed by atoms with E-state index in [1.165, 1.54) is 186 Å². The van der Waals surface area contributed by atoms with Crippen LogP contribution in [0.2, 0.25) is 0 Å². The Morgan fingerprint density at radius 2 is 0.554 bits per heavy atom. The van der Waals surface area contributed by atoms with Crippen molar-refractivity contribution in [2.75, 3.05) is 13.2 Å². The van der Waals surface area contributed by atoms with Gasteiger partial charge >= 0.3 is 17.9 Å². The average Bonchev–Trinajstić information content (AvgIpc) is 3.40. The van der Waals surface area contributed by atoms with E-state index in [1.807, 2.05) is 6.08 Å². The Bertz CT molecular complexity index is 1420. The molecule has 0 aliphatic carbocycles. The molecule has 6 heteroatoms. The molecule has 426 valence electrons. The summed E-state index contributed by atoms with van der Waals surface area (Å²) < 4.78 is 16.8. The van der Waals surface area contributed by atoms with Gasteiger partial charge in [0.25, 0.3) is 0 Å². The van der Waals surface area contributed by atoms with Crippen LogP contribution in [0.25, 0.3) is 0 Å². The number of ether oxygens (including phenoxy) is 3. The second kappa shape index (κ2) is 62.1. The van der Waals surface area contributed by atoms with Crippen molar-refractivity contribution in [2.45, 2.75) is 316 Å². The number of hydrogen-bond acceptors (Lipinski definition) is 6. The first-order valence-corrected chi connectivity index (χ1v) is 31.6. The topological polar surface area (TPSA) is 78.9 Å². The Morgan fingerprint density at radius 3 is 0.878 bits per heavy atom. The Hall–Kier alpha value is -3.41. The lowest BCUT2D eigenvalue weighted by molar-refractivity contribution is -0.166. The van der Waals surface area contributed by atoms with Crippen molar-refractivity contribution in [3.05, 3.63) is 85.1 Å². The summed E-state index contributed by atoms with van der Waals surface area (Å²) in [7, 11) is 0. The standard InChI is InChI=1S/C68H118O6/c1-4-7-10-13-16-19-21-23-25-27-29-30-31-32-33-34-35-36-37-38-40-41-43-45-47-49-52-55-58-61-67(70)73-64-65(63-72-66(69)60-57-54-51-18-15-12-9-6-3)74-68(71)62-59-56-53-50-48-46-44-42-39-28-26-24-22-20-17-14-11-8-5-2/h8,11,17,20,24,26-27,29,39,42,46,48,53,56,65H,4-7,9-10,12-16,18-19,21-23,25,28,30-38,40-41,43-45,47,49-52,54-55,57-64H2,1-3H3/b11-8-,20-17-,26-24-,29-27-,42-39-,48-46-,56-53-. The van der Waals surface area contributed by atoms with Crippen LogP contribution in [0.5, 0.6) is 0 Å². The van der Waals surface area contributed by atoms with Crippen molar-refractivity contribution in [3.8, 4) is 0 Å². The van der Waals surface area contributed by atoms with E-state index in [-0.39, 0.29) is 37.5 Å². The smallest absolute Gasteiger partial charge is 0.306 e. The number of carbonyl (C=O) groups is 3. The molecule has 0 aliphatic heterocycles. The maximum atomic E-state index is 12.8. The van der Waals surface area contributed by atoms with Crippen molar-refractivity contribution in [1.29, 1.82) is 0 Å².